The fraction of sp³-hybridized carbons (Fsp3) is 0.865. The molecular weight excluding hydrogens is 608 g/mol. The second kappa shape index (κ2) is 16.3. The van der Waals surface area contributed by atoms with Crippen LogP contribution in [0.15, 0.2) is 0 Å². The molecule has 0 aromatic carbocycles. The Balaban J connectivity index is 1.46. The molecule has 11 nitrogen and oxygen atoms in total. The summed E-state index contributed by atoms with van der Waals surface area (Å²) in [6.07, 6.45) is 11.8. The number of nitrogens with one attached hydrogen (secondary N) is 4. The number of Topliss-reactive ketones (excluding diaryl/α,β-unsaturated/α-hetero) is 1. The van der Waals surface area contributed by atoms with Crippen LogP contribution in [0.2, 0.25) is 0 Å². The maximum absolute atomic E-state index is 14.5. The summed E-state index contributed by atoms with van der Waals surface area (Å²) >= 11 is 0. The number of fused-ring (bicyclic) bond motifs is 1. The van der Waals surface area contributed by atoms with Gasteiger partial charge >= 0.3 is 6.03 Å². The normalized spacial score (nSPS) is 25.5. The summed E-state index contributed by atoms with van der Waals surface area (Å²) in [5.41, 5.74) is -0.747. The van der Waals surface area contributed by atoms with Gasteiger partial charge in [-0.1, -0.05) is 66.7 Å². The molecule has 4 rings (SSSR count). The third-order valence-corrected chi connectivity index (χ3v) is 11.7. The summed E-state index contributed by atoms with van der Waals surface area (Å²) in [6, 6.07) is -1.82. The van der Waals surface area contributed by atoms with E-state index in [0.717, 1.165) is 70.8 Å². The Bertz CT molecular complexity index is 1160. The summed E-state index contributed by atoms with van der Waals surface area (Å²) < 4.78 is 0. The molecule has 0 radical (unpaired) electrons. The predicted octanol–water partition coefficient (Wildman–Crippen LogP) is 4.00. The number of hydrogen-bond donors (Lipinski definition) is 4. The van der Waals surface area contributed by atoms with E-state index in [1.54, 1.807) is 4.90 Å². The van der Waals surface area contributed by atoms with Crippen LogP contribution in [0.1, 0.15) is 118 Å². The Kier molecular flexibility index (Phi) is 13.0. The van der Waals surface area contributed by atoms with Crippen molar-refractivity contribution in [3.05, 3.63) is 0 Å². The highest BCUT2D eigenvalue weighted by molar-refractivity contribution is 6.38. The van der Waals surface area contributed by atoms with Crippen LogP contribution in [0, 0.1) is 29.1 Å². The molecule has 3 aliphatic carbocycles. The highest BCUT2D eigenvalue weighted by Crippen LogP contribution is 2.44. The average molecular weight is 673 g/mol. The van der Waals surface area contributed by atoms with Gasteiger partial charge in [-0.3, -0.25) is 19.2 Å². The van der Waals surface area contributed by atoms with E-state index in [1.807, 2.05) is 27.7 Å². The van der Waals surface area contributed by atoms with Crippen molar-refractivity contribution in [2.75, 3.05) is 33.7 Å². The topological polar surface area (TPSA) is 140 Å². The maximum Gasteiger partial charge on any atom is 0.315 e. The van der Waals surface area contributed by atoms with E-state index >= 15 is 0 Å². The molecule has 4 N–H and O–H groups in total. The largest absolute Gasteiger partial charge is 0.347 e. The van der Waals surface area contributed by atoms with Crippen molar-refractivity contribution in [3.8, 4) is 0 Å². The van der Waals surface area contributed by atoms with Gasteiger partial charge in [0, 0.05) is 24.7 Å². The summed E-state index contributed by atoms with van der Waals surface area (Å²) in [4.78, 5) is 71.7. The lowest BCUT2D eigenvalue weighted by atomic mass is 9.72. The van der Waals surface area contributed by atoms with E-state index in [-0.39, 0.29) is 47.8 Å². The summed E-state index contributed by atoms with van der Waals surface area (Å²) in [5, 5.41) is 12.1. The second-order valence-electron chi connectivity index (χ2n) is 16.7. The lowest BCUT2D eigenvalue weighted by Crippen LogP contribution is -2.59. The first-order valence-corrected chi connectivity index (χ1v) is 18.8. The minimum absolute atomic E-state index is 0.0123. The summed E-state index contributed by atoms with van der Waals surface area (Å²) in [7, 11) is 4.15. The van der Waals surface area contributed by atoms with Crippen molar-refractivity contribution >= 4 is 29.5 Å². The van der Waals surface area contributed by atoms with Gasteiger partial charge < -0.3 is 31.1 Å². The lowest BCUT2D eigenvalue weighted by Gasteiger charge is -2.43. The number of likely N-dealkylation sites (tertiary alicyclic amines) is 1. The standard InChI is InChI=1S/C37H64N6O5/c1-8-13-29(31(44)33(46)39-26-16-17-26)40-32(45)30-27-15-12-14-25(27)23-43(30)34(47)28(36(3,4)5)22-38-35(48)41-37(19-10-9-11-20-37)24(2)18-21-42(6)7/h24-30H,8-23H2,1-7H3,(H,39,46)(H,40,45)(H2,38,41,48)/t24-,25-,27-,28+,29-,30-/m0/s1. The minimum atomic E-state index is -0.922. The Hall–Kier alpha value is -2.69. The van der Waals surface area contributed by atoms with Gasteiger partial charge in [0.05, 0.1) is 12.0 Å². The van der Waals surface area contributed by atoms with Crippen molar-refractivity contribution in [1.29, 1.82) is 0 Å². The number of carbonyl (C=O) groups is 5. The first-order chi connectivity index (χ1) is 22.7. The first kappa shape index (κ1) is 38.1. The quantitative estimate of drug-likeness (QED) is 0.194. The lowest BCUT2D eigenvalue weighted by molar-refractivity contribution is -0.146. The monoisotopic (exact) mass is 672 g/mol. The number of ketones is 1. The molecular formula is C37H64N6O5. The molecule has 4 aliphatic rings. The number of hydrogen-bond acceptors (Lipinski definition) is 6. The third kappa shape index (κ3) is 9.51. The van der Waals surface area contributed by atoms with E-state index in [9.17, 15) is 24.0 Å². The predicted molar refractivity (Wildman–Crippen MR) is 187 cm³/mol. The van der Waals surface area contributed by atoms with Crippen molar-refractivity contribution in [3.63, 3.8) is 0 Å². The molecule has 3 saturated carbocycles. The maximum atomic E-state index is 14.5. The molecule has 1 heterocycles. The summed E-state index contributed by atoms with van der Waals surface area (Å²) in [6.45, 7) is 11.8. The van der Waals surface area contributed by atoms with Crippen LogP contribution in [-0.2, 0) is 19.2 Å². The Morgan fingerprint density at radius 3 is 2.23 bits per heavy atom. The van der Waals surface area contributed by atoms with Gasteiger partial charge in [-0.05, 0) is 95.2 Å². The van der Waals surface area contributed by atoms with Crippen molar-refractivity contribution in [2.24, 2.45) is 29.1 Å². The molecule has 6 atom stereocenters. The summed E-state index contributed by atoms with van der Waals surface area (Å²) in [5.74, 6) is -1.77. The molecule has 4 fully saturated rings. The molecule has 1 aliphatic heterocycles. The molecule has 0 aromatic rings. The average Bonchev–Trinajstić information content (AvgIpc) is 3.59. The van der Waals surface area contributed by atoms with E-state index in [2.05, 4.69) is 47.2 Å². The van der Waals surface area contributed by atoms with Gasteiger partial charge in [-0.2, -0.15) is 0 Å². The molecule has 1 saturated heterocycles. The van der Waals surface area contributed by atoms with Gasteiger partial charge in [0.15, 0.2) is 0 Å². The fourth-order valence-corrected chi connectivity index (χ4v) is 8.41. The Morgan fingerprint density at radius 1 is 0.938 bits per heavy atom. The number of rotatable bonds is 15. The van der Waals surface area contributed by atoms with Crippen molar-refractivity contribution in [2.45, 2.75) is 142 Å². The number of urea groups is 1. The number of carbonyl (C=O) groups excluding carboxylic acids is 5. The van der Waals surface area contributed by atoms with Crippen molar-refractivity contribution in [1.82, 2.24) is 31.1 Å². The highest BCUT2D eigenvalue weighted by atomic mass is 16.2. The molecule has 272 valence electrons. The van der Waals surface area contributed by atoms with Crippen LogP contribution in [0.4, 0.5) is 4.79 Å². The molecule has 0 spiro atoms. The van der Waals surface area contributed by atoms with Crippen LogP contribution in [0.5, 0.6) is 0 Å². The first-order valence-electron chi connectivity index (χ1n) is 18.8. The van der Waals surface area contributed by atoms with Gasteiger partial charge in [0.25, 0.3) is 5.91 Å². The van der Waals surface area contributed by atoms with Gasteiger partial charge in [0.1, 0.15) is 6.04 Å². The van der Waals surface area contributed by atoms with Gasteiger partial charge in [-0.15, -0.1) is 0 Å². The third-order valence-electron chi connectivity index (χ3n) is 11.7. The smallest absolute Gasteiger partial charge is 0.315 e. The van der Waals surface area contributed by atoms with Crippen LogP contribution in [0.25, 0.3) is 0 Å². The molecule has 0 aromatic heterocycles. The Morgan fingerprint density at radius 2 is 1.62 bits per heavy atom. The molecule has 0 unspecified atom stereocenters. The molecule has 11 heteroatoms. The minimum Gasteiger partial charge on any atom is -0.347 e. The zero-order valence-electron chi connectivity index (χ0n) is 30.8. The molecule has 0 bridgehead atoms. The highest BCUT2D eigenvalue weighted by Gasteiger charge is 2.52. The van der Waals surface area contributed by atoms with Crippen LogP contribution >= 0.6 is 0 Å². The van der Waals surface area contributed by atoms with Gasteiger partial charge in [-0.25, -0.2) is 4.79 Å². The van der Waals surface area contributed by atoms with E-state index in [0.29, 0.717) is 25.3 Å². The van der Waals surface area contributed by atoms with Crippen molar-refractivity contribution < 1.29 is 24.0 Å². The molecule has 48 heavy (non-hydrogen) atoms. The zero-order chi connectivity index (χ0) is 35.2. The van der Waals surface area contributed by atoms with E-state index in [1.165, 1.54) is 6.42 Å². The number of nitrogens with zero attached hydrogens (tertiary/aromatic N) is 2. The Labute approximate surface area is 288 Å². The zero-order valence-corrected chi connectivity index (χ0v) is 30.8. The van der Waals surface area contributed by atoms with Gasteiger partial charge in [0.2, 0.25) is 17.6 Å². The SMILES string of the molecule is CCC[C@H](NC(=O)[C@@H]1[C@H]2CCC[C@H]2CN1C(=O)[C@@H](CNC(=O)NC1([C@@H](C)CCN(C)C)CCCCC1)C(C)(C)C)C(=O)C(=O)NC1CC1. The van der Waals surface area contributed by atoms with Crippen LogP contribution in [-0.4, -0.2) is 96.7 Å². The van der Waals surface area contributed by atoms with E-state index in [4.69, 9.17) is 0 Å². The fourth-order valence-electron chi connectivity index (χ4n) is 8.41. The number of amides is 5. The molecule has 5 amide bonds. The van der Waals surface area contributed by atoms with E-state index < -0.39 is 35.1 Å². The van der Waals surface area contributed by atoms with Crippen LogP contribution < -0.4 is 21.3 Å². The second-order valence-corrected chi connectivity index (χ2v) is 16.7. The van der Waals surface area contributed by atoms with Crippen LogP contribution in [0.3, 0.4) is 0 Å².